The lowest BCUT2D eigenvalue weighted by atomic mass is 10.1. The highest BCUT2D eigenvalue weighted by Gasteiger charge is 2.28. The maximum Gasteiger partial charge on any atom is 0.411 e. The van der Waals surface area contributed by atoms with Gasteiger partial charge in [-0.3, -0.25) is 9.69 Å². The average molecular weight is 360 g/mol. The van der Waals surface area contributed by atoms with Crippen molar-refractivity contribution in [3.63, 3.8) is 0 Å². The fraction of sp³-hybridized carbons (Fsp3) is 0.400. The van der Waals surface area contributed by atoms with Crippen molar-refractivity contribution in [3.05, 3.63) is 35.4 Å². The summed E-state index contributed by atoms with van der Waals surface area (Å²) in [5.74, 6) is -1.42. The van der Waals surface area contributed by atoms with Crippen molar-refractivity contribution in [2.45, 2.75) is 12.8 Å². The summed E-state index contributed by atoms with van der Waals surface area (Å²) >= 11 is 0. The Hall–Kier alpha value is -2.62. The topological polar surface area (TPSA) is 84.9 Å². The van der Waals surface area contributed by atoms with Crippen LogP contribution in [0.3, 0.4) is 0 Å². The van der Waals surface area contributed by atoms with Crippen LogP contribution in [0.5, 0.6) is 0 Å². The molecule has 1 aromatic carbocycles. The Morgan fingerprint density at radius 1 is 1.20 bits per heavy atom. The first kappa shape index (κ1) is 18.7. The smallest absolute Gasteiger partial charge is 0.411 e. The zero-order chi connectivity index (χ0) is 18.4. The molecular formula is C15H15F3N2O5. The quantitative estimate of drug-likeness (QED) is 0.777. The van der Waals surface area contributed by atoms with Gasteiger partial charge in [-0.05, 0) is 17.7 Å². The van der Waals surface area contributed by atoms with E-state index in [0.29, 0.717) is 12.1 Å². The summed E-state index contributed by atoms with van der Waals surface area (Å²) in [4.78, 5) is 35.8. The van der Waals surface area contributed by atoms with E-state index in [0.717, 1.165) is 4.90 Å². The molecule has 1 N–H and O–H groups in total. The maximum atomic E-state index is 12.0. The van der Waals surface area contributed by atoms with Gasteiger partial charge in [0, 0.05) is 13.1 Å². The monoisotopic (exact) mass is 360 g/mol. The lowest BCUT2D eigenvalue weighted by Crippen LogP contribution is -2.37. The third-order valence-electron chi connectivity index (χ3n) is 3.21. The van der Waals surface area contributed by atoms with Crippen molar-refractivity contribution in [1.29, 1.82) is 0 Å². The molecule has 10 heteroatoms. The summed E-state index contributed by atoms with van der Waals surface area (Å²) in [6.45, 7) is -1.64. The minimum Gasteiger partial charge on any atom is -0.452 e. The number of esters is 1. The number of hydrogen-bond acceptors (Lipinski definition) is 5. The molecule has 0 radical (unpaired) electrons. The molecule has 0 aliphatic carbocycles. The molecule has 136 valence electrons. The molecule has 2 rings (SSSR count). The standard InChI is InChI=1S/C15H15F3N2O5/c16-15(17,18)9-24-7-10-1-3-11(4-2-10)13(22)25-8-12(21)20-6-5-19-14(20)23/h1-4H,5-9H2,(H,19,23). The number of alkyl halides is 3. The maximum absolute atomic E-state index is 12.0. The van der Waals surface area contributed by atoms with E-state index in [2.05, 4.69) is 10.1 Å². The van der Waals surface area contributed by atoms with Crippen LogP contribution in [-0.4, -0.2) is 55.3 Å². The number of amides is 3. The third-order valence-corrected chi connectivity index (χ3v) is 3.21. The van der Waals surface area contributed by atoms with Gasteiger partial charge < -0.3 is 14.8 Å². The van der Waals surface area contributed by atoms with Gasteiger partial charge in [0.15, 0.2) is 6.61 Å². The molecule has 1 fully saturated rings. The van der Waals surface area contributed by atoms with E-state index < -0.39 is 37.3 Å². The van der Waals surface area contributed by atoms with Crippen LogP contribution >= 0.6 is 0 Å². The number of imide groups is 1. The van der Waals surface area contributed by atoms with E-state index in [9.17, 15) is 27.6 Å². The highest BCUT2D eigenvalue weighted by atomic mass is 19.4. The highest BCUT2D eigenvalue weighted by molar-refractivity contribution is 5.98. The molecular weight excluding hydrogens is 345 g/mol. The van der Waals surface area contributed by atoms with Crippen LogP contribution in [0.1, 0.15) is 15.9 Å². The van der Waals surface area contributed by atoms with E-state index in [1.54, 1.807) is 0 Å². The number of nitrogens with zero attached hydrogens (tertiary/aromatic N) is 1. The second-order valence-electron chi connectivity index (χ2n) is 5.16. The molecule has 0 atom stereocenters. The molecule has 1 aromatic rings. The molecule has 0 saturated carbocycles. The minimum atomic E-state index is -4.40. The van der Waals surface area contributed by atoms with Crippen LogP contribution in [0, 0.1) is 0 Å². The Morgan fingerprint density at radius 2 is 1.88 bits per heavy atom. The number of urea groups is 1. The Kier molecular flexibility index (Phi) is 5.97. The molecule has 7 nitrogen and oxygen atoms in total. The lowest BCUT2D eigenvalue weighted by molar-refractivity contribution is -0.176. The molecule has 25 heavy (non-hydrogen) atoms. The van der Waals surface area contributed by atoms with Crippen LogP contribution in [0.4, 0.5) is 18.0 Å². The first-order valence-electron chi connectivity index (χ1n) is 7.25. The van der Waals surface area contributed by atoms with E-state index >= 15 is 0 Å². The Labute approximate surface area is 140 Å². The minimum absolute atomic E-state index is 0.123. The molecule has 1 aliphatic rings. The third kappa shape index (κ3) is 5.75. The summed E-state index contributed by atoms with van der Waals surface area (Å²) in [5, 5.41) is 2.45. The fourth-order valence-corrected chi connectivity index (χ4v) is 2.02. The Bertz CT molecular complexity index is 646. The number of ether oxygens (including phenoxy) is 2. The molecule has 0 aromatic heterocycles. The van der Waals surface area contributed by atoms with E-state index in [-0.39, 0.29) is 18.7 Å². The predicted octanol–water partition coefficient (Wildman–Crippen LogP) is 1.47. The number of nitrogens with one attached hydrogen (secondary N) is 1. The fourth-order valence-electron chi connectivity index (χ4n) is 2.02. The van der Waals surface area contributed by atoms with Crippen molar-refractivity contribution in [3.8, 4) is 0 Å². The van der Waals surface area contributed by atoms with Crippen LogP contribution in [0.15, 0.2) is 24.3 Å². The van der Waals surface area contributed by atoms with E-state index in [1.807, 2.05) is 0 Å². The molecule has 0 unspecified atom stereocenters. The van der Waals surface area contributed by atoms with Gasteiger partial charge in [-0.2, -0.15) is 13.2 Å². The summed E-state index contributed by atoms with van der Waals surface area (Å²) in [5.41, 5.74) is 0.573. The van der Waals surface area contributed by atoms with Gasteiger partial charge in [0.2, 0.25) is 0 Å². The molecule has 0 spiro atoms. The number of halogens is 3. The van der Waals surface area contributed by atoms with Crippen molar-refractivity contribution >= 4 is 17.9 Å². The largest absolute Gasteiger partial charge is 0.452 e. The van der Waals surface area contributed by atoms with Gasteiger partial charge >= 0.3 is 18.2 Å². The SMILES string of the molecule is O=C(OCC(=O)N1CCNC1=O)c1ccc(COCC(F)(F)F)cc1. The number of benzene rings is 1. The molecule has 0 bridgehead atoms. The molecule has 1 aliphatic heterocycles. The first-order valence-corrected chi connectivity index (χ1v) is 7.25. The van der Waals surface area contributed by atoms with Crippen LogP contribution in [0.25, 0.3) is 0 Å². The Morgan fingerprint density at radius 3 is 2.44 bits per heavy atom. The number of carbonyl (C=O) groups is 3. The number of carbonyl (C=O) groups excluding carboxylic acids is 3. The normalized spacial score (nSPS) is 14.4. The first-order chi connectivity index (χ1) is 11.8. The van der Waals surface area contributed by atoms with Gasteiger partial charge in [-0.15, -0.1) is 0 Å². The van der Waals surface area contributed by atoms with Crippen LogP contribution in [-0.2, 0) is 20.9 Å². The average Bonchev–Trinajstić information content (AvgIpc) is 2.98. The second-order valence-corrected chi connectivity index (χ2v) is 5.16. The van der Waals surface area contributed by atoms with Gasteiger partial charge in [0.05, 0.1) is 12.2 Å². The Balaban J connectivity index is 1.79. The van der Waals surface area contributed by atoms with Gasteiger partial charge in [0.25, 0.3) is 5.91 Å². The van der Waals surface area contributed by atoms with Crippen LogP contribution in [0.2, 0.25) is 0 Å². The molecule has 3 amide bonds. The number of rotatable bonds is 6. The van der Waals surface area contributed by atoms with Crippen molar-refractivity contribution in [1.82, 2.24) is 10.2 Å². The van der Waals surface area contributed by atoms with Crippen molar-refractivity contribution < 1.29 is 37.0 Å². The van der Waals surface area contributed by atoms with Gasteiger partial charge in [0.1, 0.15) is 6.61 Å². The predicted molar refractivity (Wildman–Crippen MR) is 77.5 cm³/mol. The van der Waals surface area contributed by atoms with Gasteiger partial charge in [-0.25, -0.2) is 9.59 Å². The van der Waals surface area contributed by atoms with E-state index in [1.165, 1.54) is 24.3 Å². The van der Waals surface area contributed by atoms with Crippen molar-refractivity contribution in [2.75, 3.05) is 26.3 Å². The summed E-state index contributed by atoms with van der Waals surface area (Å²) in [6, 6.07) is 5.00. The summed E-state index contributed by atoms with van der Waals surface area (Å²) < 4.78 is 45.2. The zero-order valence-electron chi connectivity index (χ0n) is 13.0. The summed E-state index contributed by atoms with van der Waals surface area (Å²) in [6.07, 6.45) is -4.40. The molecule has 1 saturated heterocycles. The highest BCUT2D eigenvalue weighted by Crippen LogP contribution is 2.16. The number of hydrogen-bond donors (Lipinski definition) is 1. The van der Waals surface area contributed by atoms with Crippen LogP contribution < -0.4 is 5.32 Å². The summed E-state index contributed by atoms with van der Waals surface area (Å²) in [7, 11) is 0. The zero-order valence-corrected chi connectivity index (χ0v) is 13.0. The van der Waals surface area contributed by atoms with E-state index in [4.69, 9.17) is 4.74 Å². The second kappa shape index (κ2) is 7.97. The molecule has 1 heterocycles. The van der Waals surface area contributed by atoms with Crippen molar-refractivity contribution in [2.24, 2.45) is 0 Å². The lowest BCUT2D eigenvalue weighted by Gasteiger charge is -2.12. The van der Waals surface area contributed by atoms with Gasteiger partial charge in [-0.1, -0.05) is 12.1 Å².